The highest BCUT2D eigenvalue weighted by atomic mass is 16.7. The fourth-order valence-electron chi connectivity index (χ4n) is 4.11. The molecule has 7 heteroatoms. The molecule has 4 rings (SSSR count). The first-order valence-electron chi connectivity index (χ1n) is 9.55. The standard InChI is InChI=1S/C19H27N3O4/c23-18(16-3-1-6-20-13-16)22-8-12-26-19(15-22)14-21(7-2-9-25-19)17-4-10-24-11-5-17/h1,3,6,13,17H,2,4-5,7-12,14-15H2. The third-order valence-corrected chi connectivity index (χ3v) is 5.46. The van der Waals surface area contributed by atoms with Gasteiger partial charge in [0.1, 0.15) is 0 Å². The Kier molecular flexibility index (Phi) is 5.49. The number of rotatable bonds is 2. The molecule has 0 N–H and O–H groups in total. The number of hydrogen-bond donors (Lipinski definition) is 0. The molecule has 0 bridgehead atoms. The summed E-state index contributed by atoms with van der Waals surface area (Å²) >= 11 is 0. The molecular weight excluding hydrogens is 334 g/mol. The van der Waals surface area contributed by atoms with Gasteiger partial charge in [0.2, 0.25) is 0 Å². The van der Waals surface area contributed by atoms with E-state index in [4.69, 9.17) is 14.2 Å². The van der Waals surface area contributed by atoms with Crippen LogP contribution in [0.1, 0.15) is 29.6 Å². The van der Waals surface area contributed by atoms with Crippen LogP contribution in [-0.4, -0.2) is 85.1 Å². The lowest BCUT2D eigenvalue weighted by Gasteiger charge is -2.44. The first-order chi connectivity index (χ1) is 12.8. The van der Waals surface area contributed by atoms with E-state index in [-0.39, 0.29) is 5.91 Å². The Morgan fingerprint density at radius 3 is 2.77 bits per heavy atom. The van der Waals surface area contributed by atoms with Gasteiger partial charge in [0.05, 0.1) is 31.9 Å². The smallest absolute Gasteiger partial charge is 0.255 e. The molecule has 0 aromatic carbocycles. The predicted molar refractivity (Wildman–Crippen MR) is 94.8 cm³/mol. The van der Waals surface area contributed by atoms with Gasteiger partial charge in [0.25, 0.3) is 5.91 Å². The highest BCUT2D eigenvalue weighted by Gasteiger charge is 2.43. The van der Waals surface area contributed by atoms with Crippen molar-refractivity contribution in [2.45, 2.75) is 31.1 Å². The Morgan fingerprint density at radius 2 is 1.96 bits per heavy atom. The van der Waals surface area contributed by atoms with Gasteiger partial charge in [-0.15, -0.1) is 0 Å². The van der Waals surface area contributed by atoms with E-state index in [2.05, 4.69) is 9.88 Å². The van der Waals surface area contributed by atoms with E-state index in [1.54, 1.807) is 24.5 Å². The monoisotopic (exact) mass is 361 g/mol. The first-order valence-corrected chi connectivity index (χ1v) is 9.55. The van der Waals surface area contributed by atoms with Gasteiger partial charge < -0.3 is 19.1 Å². The quantitative estimate of drug-likeness (QED) is 0.787. The second-order valence-electron chi connectivity index (χ2n) is 7.24. The van der Waals surface area contributed by atoms with Crippen LogP contribution in [0.2, 0.25) is 0 Å². The molecule has 26 heavy (non-hydrogen) atoms. The molecule has 1 spiro atoms. The number of carbonyl (C=O) groups is 1. The maximum atomic E-state index is 12.8. The van der Waals surface area contributed by atoms with Gasteiger partial charge in [-0.3, -0.25) is 14.7 Å². The average molecular weight is 361 g/mol. The fraction of sp³-hybridized carbons (Fsp3) is 0.684. The van der Waals surface area contributed by atoms with Gasteiger partial charge in [0, 0.05) is 44.7 Å². The summed E-state index contributed by atoms with van der Waals surface area (Å²) in [5.74, 6) is -0.739. The summed E-state index contributed by atoms with van der Waals surface area (Å²) in [5.41, 5.74) is 0.611. The van der Waals surface area contributed by atoms with Gasteiger partial charge in [-0.25, -0.2) is 0 Å². The van der Waals surface area contributed by atoms with Crippen LogP contribution in [0.4, 0.5) is 0 Å². The summed E-state index contributed by atoms with van der Waals surface area (Å²) in [6.07, 6.45) is 6.38. The summed E-state index contributed by atoms with van der Waals surface area (Å²) in [6.45, 7) is 5.54. The summed E-state index contributed by atoms with van der Waals surface area (Å²) in [5, 5.41) is 0. The molecule has 3 aliphatic heterocycles. The van der Waals surface area contributed by atoms with E-state index in [1.807, 2.05) is 4.90 Å². The van der Waals surface area contributed by atoms with Crippen molar-refractivity contribution < 1.29 is 19.0 Å². The van der Waals surface area contributed by atoms with E-state index >= 15 is 0 Å². The van der Waals surface area contributed by atoms with E-state index < -0.39 is 5.79 Å². The number of amides is 1. The Bertz CT molecular complexity index is 608. The number of aromatic nitrogens is 1. The maximum absolute atomic E-state index is 12.8. The van der Waals surface area contributed by atoms with E-state index in [0.29, 0.717) is 44.5 Å². The molecular formula is C19H27N3O4. The highest BCUT2D eigenvalue weighted by Crippen LogP contribution is 2.28. The number of carbonyl (C=O) groups excluding carboxylic acids is 1. The van der Waals surface area contributed by atoms with Gasteiger partial charge in [-0.05, 0) is 31.4 Å². The Hall–Kier alpha value is -1.54. The molecule has 7 nitrogen and oxygen atoms in total. The third-order valence-electron chi connectivity index (χ3n) is 5.46. The van der Waals surface area contributed by atoms with Crippen LogP contribution in [0.15, 0.2) is 24.5 Å². The maximum Gasteiger partial charge on any atom is 0.255 e. The fourth-order valence-corrected chi connectivity index (χ4v) is 4.11. The largest absolute Gasteiger partial charge is 0.381 e. The molecule has 1 atom stereocenters. The minimum absolute atomic E-state index is 0.00811. The van der Waals surface area contributed by atoms with Crippen molar-refractivity contribution in [3.63, 3.8) is 0 Å². The van der Waals surface area contributed by atoms with Crippen LogP contribution >= 0.6 is 0 Å². The SMILES string of the molecule is O=C(c1cccnc1)N1CCOC2(C1)CN(C1CCOCC1)CCCO2. The summed E-state index contributed by atoms with van der Waals surface area (Å²) < 4.78 is 17.8. The minimum atomic E-state index is -0.731. The Balaban J connectivity index is 1.48. The van der Waals surface area contributed by atoms with Gasteiger partial charge in [-0.2, -0.15) is 0 Å². The van der Waals surface area contributed by atoms with Crippen molar-refractivity contribution in [1.82, 2.24) is 14.8 Å². The third kappa shape index (κ3) is 3.91. The normalized spacial score (nSPS) is 28.8. The number of nitrogens with zero attached hydrogens (tertiary/aromatic N) is 3. The van der Waals surface area contributed by atoms with Crippen molar-refractivity contribution in [2.24, 2.45) is 0 Å². The van der Waals surface area contributed by atoms with Crippen LogP contribution < -0.4 is 0 Å². The van der Waals surface area contributed by atoms with Crippen LogP contribution in [0.5, 0.6) is 0 Å². The van der Waals surface area contributed by atoms with Gasteiger partial charge >= 0.3 is 0 Å². The molecule has 3 aliphatic rings. The zero-order valence-corrected chi connectivity index (χ0v) is 15.1. The van der Waals surface area contributed by atoms with E-state index in [1.165, 1.54) is 0 Å². The molecule has 1 aromatic heterocycles. The number of hydrogen-bond acceptors (Lipinski definition) is 6. The van der Waals surface area contributed by atoms with Gasteiger partial charge in [0.15, 0.2) is 5.79 Å². The molecule has 1 unspecified atom stereocenters. The number of ether oxygens (including phenoxy) is 3. The molecule has 142 valence electrons. The first kappa shape index (κ1) is 17.9. The Labute approximate surface area is 154 Å². The summed E-state index contributed by atoms with van der Waals surface area (Å²) in [7, 11) is 0. The minimum Gasteiger partial charge on any atom is -0.381 e. The number of morpholine rings is 1. The molecule has 0 radical (unpaired) electrons. The van der Waals surface area contributed by atoms with Crippen molar-refractivity contribution in [2.75, 3.05) is 52.6 Å². The topological polar surface area (TPSA) is 64.1 Å². The van der Waals surface area contributed by atoms with Crippen LogP contribution in [0, 0.1) is 0 Å². The Morgan fingerprint density at radius 1 is 1.12 bits per heavy atom. The molecule has 4 heterocycles. The van der Waals surface area contributed by atoms with E-state index in [9.17, 15) is 4.79 Å². The lowest BCUT2D eigenvalue weighted by Crippen LogP contribution is -2.60. The second kappa shape index (κ2) is 8.00. The molecule has 3 saturated heterocycles. The summed E-state index contributed by atoms with van der Waals surface area (Å²) in [6, 6.07) is 4.11. The van der Waals surface area contributed by atoms with Crippen molar-refractivity contribution in [3.05, 3.63) is 30.1 Å². The average Bonchev–Trinajstić information content (AvgIpc) is 2.91. The van der Waals surface area contributed by atoms with E-state index in [0.717, 1.165) is 39.0 Å². The molecule has 3 fully saturated rings. The molecule has 1 amide bonds. The van der Waals surface area contributed by atoms with Crippen molar-refractivity contribution >= 4 is 5.91 Å². The van der Waals surface area contributed by atoms with Crippen LogP contribution in [0.25, 0.3) is 0 Å². The zero-order chi connectivity index (χ0) is 17.8. The van der Waals surface area contributed by atoms with Crippen LogP contribution in [0.3, 0.4) is 0 Å². The molecule has 1 aromatic rings. The number of pyridine rings is 1. The lowest BCUT2D eigenvalue weighted by atomic mass is 10.0. The summed E-state index contributed by atoms with van der Waals surface area (Å²) in [4.78, 5) is 21.2. The van der Waals surface area contributed by atoms with Crippen molar-refractivity contribution in [3.8, 4) is 0 Å². The lowest BCUT2D eigenvalue weighted by molar-refractivity contribution is -0.262. The second-order valence-corrected chi connectivity index (χ2v) is 7.24. The highest BCUT2D eigenvalue weighted by molar-refractivity contribution is 5.94. The molecule has 0 saturated carbocycles. The van der Waals surface area contributed by atoms with Crippen molar-refractivity contribution in [1.29, 1.82) is 0 Å². The van der Waals surface area contributed by atoms with Crippen LogP contribution in [-0.2, 0) is 14.2 Å². The van der Waals surface area contributed by atoms with Gasteiger partial charge in [-0.1, -0.05) is 0 Å². The predicted octanol–water partition coefficient (Wildman–Crippen LogP) is 1.15. The zero-order valence-electron chi connectivity index (χ0n) is 15.1. The molecule has 0 aliphatic carbocycles.